The van der Waals surface area contributed by atoms with E-state index >= 15 is 0 Å². The van der Waals surface area contributed by atoms with Gasteiger partial charge in [-0.15, -0.1) is 0 Å². The van der Waals surface area contributed by atoms with E-state index in [0.29, 0.717) is 29.6 Å². The van der Waals surface area contributed by atoms with E-state index in [1.54, 1.807) is 28.4 Å². The van der Waals surface area contributed by atoms with Crippen molar-refractivity contribution in [2.75, 3.05) is 35.0 Å². The summed E-state index contributed by atoms with van der Waals surface area (Å²) in [6.07, 6.45) is 0.971. The van der Waals surface area contributed by atoms with Gasteiger partial charge in [0.1, 0.15) is 5.75 Å². The fourth-order valence-corrected chi connectivity index (χ4v) is 3.80. The average molecular weight is 416 g/mol. The minimum Gasteiger partial charge on any atom is -0.494 e. The third-order valence-corrected chi connectivity index (χ3v) is 5.08. The Kier molecular flexibility index (Phi) is 6.82. The lowest BCUT2D eigenvalue weighted by atomic mass is 10.00. The Morgan fingerprint density at radius 3 is 2.10 bits per heavy atom. The molecule has 3 aromatic rings. The molecule has 0 aliphatic rings. The lowest BCUT2D eigenvalue weighted by Gasteiger charge is -2.18. The molecule has 3 rings (SSSR count). The predicted octanol–water partition coefficient (Wildman–Crippen LogP) is 5.30. The molecule has 0 unspecified atom stereocenters. The van der Waals surface area contributed by atoms with Crippen molar-refractivity contribution in [3.8, 4) is 51.1 Å². The Labute approximate surface area is 175 Å². The highest BCUT2D eigenvalue weighted by molar-refractivity contribution is 7.04. The first kappa shape index (κ1) is 20.8. The second-order valence-electron chi connectivity index (χ2n) is 6.18. The number of methoxy groups -OCH3 is 4. The van der Waals surface area contributed by atoms with Crippen LogP contribution in [-0.2, 0) is 0 Å². The van der Waals surface area contributed by atoms with E-state index in [2.05, 4.69) is 11.3 Å². The zero-order chi connectivity index (χ0) is 20.8. The van der Waals surface area contributed by atoms with Gasteiger partial charge in [-0.1, -0.05) is 6.92 Å². The summed E-state index contributed by atoms with van der Waals surface area (Å²) in [5.74, 6) is 2.93. The van der Waals surface area contributed by atoms with Gasteiger partial charge in [0.25, 0.3) is 0 Å². The van der Waals surface area contributed by atoms with Crippen molar-refractivity contribution in [1.82, 2.24) is 4.37 Å². The van der Waals surface area contributed by atoms with E-state index in [4.69, 9.17) is 23.7 Å². The third-order valence-electron chi connectivity index (χ3n) is 4.45. The number of nitrogens with zero attached hydrogens (tertiary/aromatic N) is 1. The quantitative estimate of drug-likeness (QED) is 0.473. The summed E-state index contributed by atoms with van der Waals surface area (Å²) < 4.78 is 32.6. The normalized spacial score (nSPS) is 10.5. The van der Waals surface area contributed by atoms with E-state index in [0.717, 1.165) is 34.6 Å². The topological polar surface area (TPSA) is 59.0 Å². The summed E-state index contributed by atoms with van der Waals surface area (Å²) in [6.45, 7) is 2.78. The molecule has 0 amide bonds. The van der Waals surface area contributed by atoms with Crippen molar-refractivity contribution in [1.29, 1.82) is 0 Å². The molecule has 0 N–H and O–H groups in total. The van der Waals surface area contributed by atoms with Crippen molar-refractivity contribution < 1.29 is 23.7 Å². The maximum atomic E-state index is 5.68. The molecular weight excluding hydrogens is 390 g/mol. The molecule has 29 heavy (non-hydrogen) atoms. The summed E-state index contributed by atoms with van der Waals surface area (Å²) in [5, 5.41) is 1.99. The van der Waals surface area contributed by atoms with Gasteiger partial charge in [0.15, 0.2) is 11.5 Å². The van der Waals surface area contributed by atoms with Crippen molar-refractivity contribution in [3.63, 3.8) is 0 Å². The first-order valence-corrected chi connectivity index (χ1v) is 10.1. The van der Waals surface area contributed by atoms with Crippen molar-refractivity contribution >= 4 is 11.5 Å². The van der Waals surface area contributed by atoms with E-state index in [-0.39, 0.29) is 0 Å². The first-order valence-electron chi connectivity index (χ1n) is 9.23. The molecule has 0 radical (unpaired) electrons. The molecule has 6 nitrogen and oxygen atoms in total. The highest BCUT2D eigenvalue weighted by atomic mass is 32.1. The minimum absolute atomic E-state index is 0.477. The molecule has 154 valence electrons. The van der Waals surface area contributed by atoms with Gasteiger partial charge in [-0.3, -0.25) is 0 Å². The molecule has 0 saturated heterocycles. The maximum absolute atomic E-state index is 5.68. The predicted molar refractivity (Wildman–Crippen MR) is 115 cm³/mol. The largest absolute Gasteiger partial charge is 0.494 e. The standard InChI is InChI=1S/C22H25NO5S/c1-6-11-28-15-9-7-14(8-10-15)19-17(13-29-23-19)16-12-18(24-2)21(26-4)22(27-5)20(16)25-3/h7-10,12-13H,6,11H2,1-5H3. The van der Waals surface area contributed by atoms with Gasteiger partial charge in [0.2, 0.25) is 11.5 Å². The minimum atomic E-state index is 0.477. The number of aromatic nitrogens is 1. The van der Waals surface area contributed by atoms with Crippen LogP contribution in [-0.4, -0.2) is 39.4 Å². The van der Waals surface area contributed by atoms with Crippen LogP contribution in [0, 0.1) is 0 Å². The smallest absolute Gasteiger partial charge is 0.207 e. The Balaban J connectivity index is 2.10. The van der Waals surface area contributed by atoms with E-state index < -0.39 is 0 Å². The molecule has 0 fully saturated rings. The molecule has 1 aromatic heterocycles. The summed E-state index contributed by atoms with van der Waals surface area (Å²) in [6, 6.07) is 9.81. The van der Waals surface area contributed by atoms with Crippen LogP contribution in [0.2, 0.25) is 0 Å². The molecular formula is C22H25NO5S. The van der Waals surface area contributed by atoms with Gasteiger partial charge in [0, 0.05) is 22.1 Å². The van der Waals surface area contributed by atoms with Crippen molar-refractivity contribution in [3.05, 3.63) is 35.7 Å². The van der Waals surface area contributed by atoms with Crippen LogP contribution >= 0.6 is 11.5 Å². The van der Waals surface area contributed by atoms with Crippen LogP contribution < -0.4 is 23.7 Å². The second kappa shape index (κ2) is 9.52. The van der Waals surface area contributed by atoms with Crippen molar-refractivity contribution in [2.45, 2.75) is 13.3 Å². The Hall–Kier alpha value is -2.93. The van der Waals surface area contributed by atoms with E-state index in [1.807, 2.05) is 35.7 Å². The number of rotatable bonds is 9. The number of ether oxygens (including phenoxy) is 5. The number of hydrogen-bond donors (Lipinski definition) is 0. The van der Waals surface area contributed by atoms with Gasteiger partial charge < -0.3 is 23.7 Å². The van der Waals surface area contributed by atoms with Crippen LogP contribution in [0.1, 0.15) is 13.3 Å². The van der Waals surface area contributed by atoms with Gasteiger partial charge in [0.05, 0.1) is 40.7 Å². The number of hydrogen-bond acceptors (Lipinski definition) is 7. The SMILES string of the molecule is CCCOc1ccc(-c2nscc2-c2cc(OC)c(OC)c(OC)c2OC)cc1. The molecule has 1 heterocycles. The summed E-state index contributed by atoms with van der Waals surface area (Å²) in [5.41, 5.74) is 3.58. The summed E-state index contributed by atoms with van der Waals surface area (Å²) in [4.78, 5) is 0. The monoisotopic (exact) mass is 415 g/mol. The highest BCUT2D eigenvalue weighted by Crippen LogP contribution is 2.51. The Bertz CT molecular complexity index is 953. The van der Waals surface area contributed by atoms with E-state index in [1.165, 1.54) is 11.5 Å². The Morgan fingerprint density at radius 1 is 0.828 bits per heavy atom. The lowest BCUT2D eigenvalue weighted by molar-refractivity contribution is 0.306. The zero-order valence-corrected chi connectivity index (χ0v) is 18.1. The maximum Gasteiger partial charge on any atom is 0.207 e. The highest BCUT2D eigenvalue weighted by Gasteiger charge is 2.25. The average Bonchev–Trinajstić information content (AvgIpc) is 3.25. The molecule has 2 aromatic carbocycles. The van der Waals surface area contributed by atoms with Crippen LogP contribution in [0.5, 0.6) is 28.7 Å². The zero-order valence-electron chi connectivity index (χ0n) is 17.3. The summed E-state index contributed by atoms with van der Waals surface area (Å²) >= 11 is 1.38. The first-order chi connectivity index (χ1) is 14.2. The van der Waals surface area contributed by atoms with Crippen LogP contribution in [0.25, 0.3) is 22.4 Å². The van der Waals surface area contributed by atoms with Crippen LogP contribution in [0.15, 0.2) is 35.7 Å². The van der Waals surface area contributed by atoms with Gasteiger partial charge >= 0.3 is 0 Å². The molecule has 0 aliphatic heterocycles. The molecule has 0 bridgehead atoms. The second-order valence-corrected chi connectivity index (χ2v) is 6.80. The van der Waals surface area contributed by atoms with Crippen molar-refractivity contribution in [2.24, 2.45) is 0 Å². The molecule has 0 saturated carbocycles. The molecule has 0 aliphatic carbocycles. The van der Waals surface area contributed by atoms with Gasteiger partial charge in [-0.2, -0.15) is 4.37 Å². The molecule has 0 spiro atoms. The van der Waals surface area contributed by atoms with Gasteiger partial charge in [-0.05, 0) is 48.3 Å². The van der Waals surface area contributed by atoms with Crippen LogP contribution in [0.4, 0.5) is 0 Å². The molecule has 0 atom stereocenters. The van der Waals surface area contributed by atoms with E-state index in [9.17, 15) is 0 Å². The molecule has 7 heteroatoms. The lowest BCUT2D eigenvalue weighted by Crippen LogP contribution is -2.00. The number of benzene rings is 2. The Morgan fingerprint density at radius 2 is 1.52 bits per heavy atom. The third kappa shape index (κ3) is 4.10. The van der Waals surface area contributed by atoms with Crippen LogP contribution in [0.3, 0.4) is 0 Å². The van der Waals surface area contributed by atoms with Gasteiger partial charge in [-0.25, -0.2) is 0 Å². The fourth-order valence-electron chi connectivity index (χ4n) is 3.10. The fraction of sp³-hybridized carbons (Fsp3) is 0.318. The summed E-state index contributed by atoms with van der Waals surface area (Å²) in [7, 11) is 6.34.